The first-order chi connectivity index (χ1) is 12.1. The lowest BCUT2D eigenvalue weighted by Crippen LogP contribution is -2.08. The quantitative estimate of drug-likeness (QED) is 0.591. The highest BCUT2D eigenvalue weighted by atomic mass is 35.5. The number of nitrogens with zero attached hydrogens (tertiary/aromatic N) is 3. The molecule has 0 aliphatic rings. The normalized spacial score (nSPS) is 11.1. The Kier molecular flexibility index (Phi) is 3.90. The molecule has 2 aromatic heterocycles. The molecule has 0 fully saturated rings. The Hall–Kier alpha value is -2.85. The fraction of sp³-hybridized carbons (Fsp3) is 0.100. The Morgan fingerprint density at radius 3 is 2.48 bits per heavy atom. The monoisotopic (exact) mass is 348 g/mol. The van der Waals surface area contributed by atoms with Gasteiger partial charge >= 0.3 is 0 Å². The summed E-state index contributed by atoms with van der Waals surface area (Å²) < 4.78 is 1.70. The van der Waals surface area contributed by atoms with Gasteiger partial charge in [-0.1, -0.05) is 54.1 Å². The molecule has 124 valence electrons. The molecule has 5 heteroatoms. The minimum absolute atomic E-state index is 0.589. The van der Waals surface area contributed by atoms with Gasteiger partial charge in [0.2, 0.25) is 0 Å². The minimum atomic E-state index is 0.589. The van der Waals surface area contributed by atoms with Crippen molar-refractivity contribution in [3.63, 3.8) is 0 Å². The SMILES string of the molecule is Cc1cc2nc(Cc3ccccc3)c(-c3ccc(Cl)cc3)c(N)n2n1. The molecule has 0 unspecified atom stereocenters. The van der Waals surface area contributed by atoms with E-state index in [1.807, 2.05) is 55.5 Å². The highest BCUT2D eigenvalue weighted by molar-refractivity contribution is 6.30. The summed E-state index contributed by atoms with van der Waals surface area (Å²) in [5.74, 6) is 0.589. The smallest absolute Gasteiger partial charge is 0.157 e. The van der Waals surface area contributed by atoms with Gasteiger partial charge in [0, 0.05) is 23.1 Å². The maximum Gasteiger partial charge on any atom is 0.157 e. The van der Waals surface area contributed by atoms with Crippen molar-refractivity contribution in [3.8, 4) is 11.1 Å². The van der Waals surface area contributed by atoms with Crippen LogP contribution in [0.5, 0.6) is 0 Å². The van der Waals surface area contributed by atoms with Crippen LogP contribution in [-0.2, 0) is 6.42 Å². The van der Waals surface area contributed by atoms with Crippen LogP contribution in [0.3, 0.4) is 0 Å². The third-order valence-electron chi connectivity index (χ3n) is 4.18. The van der Waals surface area contributed by atoms with Crippen molar-refractivity contribution in [2.45, 2.75) is 13.3 Å². The van der Waals surface area contributed by atoms with Crippen LogP contribution >= 0.6 is 11.6 Å². The third kappa shape index (κ3) is 2.96. The molecule has 0 atom stereocenters. The average Bonchev–Trinajstić information content (AvgIpc) is 2.98. The molecule has 4 nitrogen and oxygen atoms in total. The van der Waals surface area contributed by atoms with E-state index in [2.05, 4.69) is 17.2 Å². The van der Waals surface area contributed by atoms with Crippen molar-refractivity contribution in [1.82, 2.24) is 14.6 Å². The lowest BCUT2D eigenvalue weighted by atomic mass is 9.99. The Labute approximate surface area is 150 Å². The summed E-state index contributed by atoms with van der Waals surface area (Å²) in [5, 5.41) is 5.16. The van der Waals surface area contributed by atoms with E-state index >= 15 is 0 Å². The van der Waals surface area contributed by atoms with Crippen LogP contribution in [0, 0.1) is 6.92 Å². The topological polar surface area (TPSA) is 56.2 Å². The maximum atomic E-state index is 6.48. The molecular formula is C20H17ClN4. The molecule has 0 saturated carbocycles. The number of benzene rings is 2. The van der Waals surface area contributed by atoms with Crippen LogP contribution in [0.25, 0.3) is 16.8 Å². The third-order valence-corrected chi connectivity index (χ3v) is 4.43. The number of fused-ring (bicyclic) bond motifs is 1. The molecule has 0 bridgehead atoms. The molecule has 0 saturated heterocycles. The van der Waals surface area contributed by atoms with Crippen molar-refractivity contribution in [3.05, 3.63) is 82.6 Å². The standard InChI is InChI=1S/C20H17ClN4/c1-13-11-18-23-17(12-14-5-3-2-4-6-14)19(20(22)25(18)24-13)15-7-9-16(21)10-8-15/h2-11H,12,22H2,1H3. The summed E-state index contributed by atoms with van der Waals surface area (Å²) >= 11 is 6.04. The molecule has 0 aliphatic carbocycles. The second-order valence-corrected chi connectivity index (χ2v) is 6.48. The van der Waals surface area contributed by atoms with Crippen molar-refractivity contribution < 1.29 is 0 Å². The Morgan fingerprint density at radius 1 is 1.04 bits per heavy atom. The zero-order valence-electron chi connectivity index (χ0n) is 13.8. The fourth-order valence-electron chi connectivity index (χ4n) is 3.04. The van der Waals surface area contributed by atoms with Crippen LogP contribution in [0.1, 0.15) is 17.0 Å². The van der Waals surface area contributed by atoms with Crippen molar-refractivity contribution in [2.75, 3.05) is 5.73 Å². The molecule has 2 aromatic carbocycles. The van der Waals surface area contributed by atoms with Crippen LogP contribution in [0.2, 0.25) is 5.02 Å². The predicted molar refractivity (Wildman–Crippen MR) is 102 cm³/mol. The molecule has 4 rings (SSSR count). The Morgan fingerprint density at radius 2 is 1.76 bits per heavy atom. The molecular weight excluding hydrogens is 332 g/mol. The van der Waals surface area contributed by atoms with Gasteiger partial charge in [0.15, 0.2) is 5.65 Å². The van der Waals surface area contributed by atoms with E-state index in [4.69, 9.17) is 22.3 Å². The van der Waals surface area contributed by atoms with E-state index in [1.165, 1.54) is 5.56 Å². The van der Waals surface area contributed by atoms with Gasteiger partial charge in [0.05, 0.1) is 11.4 Å². The summed E-state index contributed by atoms with van der Waals surface area (Å²) in [4.78, 5) is 4.84. The highest BCUT2D eigenvalue weighted by Gasteiger charge is 2.16. The average molecular weight is 349 g/mol. The number of halogens is 1. The number of aryl methyl sites for hydroxylation is 1. The van der Waals surface area contributed by atoms with E-state index in [1.54, 1.807) is 4.52 Å². The first-order valence-electron chi connectivity index (χ1n) is 8.06. The van der Waals surface area contributed by atoms with E-state index in [0.29, 0.717) is 17.3 Å². The Balaban J connectivity index is 1.95. The van der Waals surface area contributed by atoms with Crippen molar-refractivity contribution in [2.24, 2.45) is 0 Å². The van der Waals surface area contributed by atoms with Gasteiger partial charge in [-0.25, -0.2) is 4.98 Å². The summed E-state index contributed by atoms with van der Waals surface area (Å²) in [7, 11) is 0. The minimum Gasteiger partial charge on any atom is -0.383 e. The molecule has 0 aliphatic heterocycles. The van der Waals surface area contributed by atoms with Crippen LogP contribution in [0.4, 0.5) is 5.82 Å². The largest absolute Gasteiger partial charge is 0.383 e. The van der Waals surface area contributed by atoms with Crippen molar-refractivity contribution >= 4 is 23.1 Å². The zero-order valence-corrected chi connectivity index (χ0v) is 14.5. The second kappa shape index (κ2) is 6.22. The number of aromatic nitrogens is 3. The van der Waals surface area contributed by atoms with Crippen molar-refractivity contribution in [1.29, 1.82) is 0 Å². The number of rotatable bonds is 3. The molecule has 2 heterocycles. The van der Waals surface area contributed by atoms with Gasteiger partial charge in [-0.2, -0.15) is 9.61 Å². The van der Waals surface area contributed by atoms with E-state index in [9.17, 15) is 0 Å². The van der Waals surface area contributed by atoms with Gasteiger partial charge in [-0.05, 0) is 30.2 Å². The van der Waals surface area contributed by atoms with E-state index < -0.39 is 0 Å². The van der Waals surface area contributed by atoms with Gasteiger partial charge in [-0.15, -0.1) is 0 Å². The lowest BCUT2D eigenvalue weighted by molar-refractivity contribution is 0.915. The first-order valence-corrected chi connectivity index (χ1v) is 8.44. The molecule has 0 amide bonds. The number of nitrogen functional groups attached to an aromatic ring is 1. The molecule has 2 N–H and O–H groups in total. The molecule has 0 spiro atoms. The maximum absolute atomic E-state index is 6.48. The van der Waals surface area contributed by atoms with E-state index in [-0.39, 0.29) is 0 Å². The fourth-order valence-corrected chi connectivity index (χ4v) is 3.16. The van der Waals surface area contributed by atoms with Gasteiger partial charge in [0.1, 0.15) is 5.82 Å². The number of anilines is 1. The highest BCUT2D eigenvalue weighted by Crippen LogP contribution is 2.32. The number of hydrogen-bond donors (Lipinski definition) is 1. The number of nitrogens with two attached hydrogens (primary N) is 1. The Bertz CT molecular complexity index is 1040. The number of hydrogen-bond acceptors (Lipinski definition) is 3. The molecule has 25 heavy (non-hydrogen) atoms. The summed E-state index contributed by atoms with van der Waals surface area (Å²) in [6.07, 6.45) is 0.698. The summed E-state index contributed by atoms with van der Waals surface area (Å²) in [6.45, 7) is 1.94. The zero-order chi connectivity index (χ0) is 17.4. The van der Waals surface area contributed by atoms with Gasteiger partial charge in [0.25, 0.3) is 0 Å². The lowest BCUT2D eigenvalue weighted by Gasteiger charge is -2.14. The summed E-state index contributed by atoms with van der Waals surface area (Å²) in [5.41, 5.74) is 12.1. The van der Waals surface area contributed by atoms with E-state index in [0.717, 1.165) is 28.2 Å². The summed E-state index contributed by atoms with van der Waals surface area (Å²) in [6, 6.07) is 19.8. The van der Waals surface area contributed by atoms with Crippen LogP contribution < -0.4 is 5.73 Å². The van der Waals surface area contributed by atoms with Crippen LogP contribution in [-0.4, -0.2) is 14.6 Å². The van der Waals surface area contributed by atoms with Gasteiger partial charge in [-0.3, -0.25) is 0 Å². The second-order valence-electron chi connectivity index (χ2n) is 6.04. The predicted octanol–water partition coefficient (Wildman–Crippen LogP) is 4.53. The van der Waals surface area contributed by atoms with Crippen LogP contribution in [0.15, 0.2) is 60.7 Å². The molecule has 4 aromatic rings. The first kappa shape index (κ1) is 15.7. The van der Waals surface area contributed by atoms with Gasteiger partial charge < -0.3 is 5.73 Å². The molecule has 0 radical (unpaired) electrons.